The van der Waals surface area contributed by atoms with Gasteiger partial charge in [0.25, 0.3) is 0 Å². The van der Waals surface area contributed by atoms with Crippen molar-refractivity contribution in [3.05, 3.63) is 118 Å². The molecule has 0 amide bonds. The summed E-state index contributed by atoms with van der Waals surface area (Å²) >= 11 is 0. The topological polar surface area (TPSA) is 58.9 Å². The molecule has 0 atom stereocenters. The molecule has 0 aliphatic heterocycles. The molecule has 0 saturated carbocycles. The fraction of sp³-hybridized carbons (Fsp3) is 0.172. The molecule has 0 fully saturated rings. The summed E-state index contributed by atoms with van der Waals surface area (Å²) in [5.74, 6) is 1.65. The molecule has 4 heteroatoms. The van der Waals surface area contributed by atoms with Crippen molar-refractivity contribution < 1.29 is 19.7 Å². The third-order valence-corrected chi connectivity index (χ3v) is 5.82. The van der Waals surface area contributed by atoms with Crippen LogP contribution in [0.2, 0.25) is 0 Å². The Labute approximate surface area is 194 Å². The largest absolute Gasteiger partial charge is 0.508 e. The molecule has 4 nitrogen and oxygen atoms in total. The van der Waals surface area contributed by atoms with Gasteiger partial charge in [-0.2, -0.15) is 0 Å². The Morgan fingerprint density at radius 3 is 1.27 bits per heavy atom. The van der Waals surface area contributed by atoms with Gasteiger partial charge >= 0.3 is 0 Å². The van der Waals surface area contributed by atoms with Gasteiger partial charge in [-0.3, -0.25) is 0 Å². The second kappa shape index (κ2) is 10.1. The second-order valence-electron chi connectivity index (χ2n) is 8.09. The van der Waals surface area contributed by atoms with E-state index in [9.17, 15) is 10.2 Å². The summed E-state index contributed by atoms with van der Waals surface area (Å²) < 4.78 is 11.2. The number of ether oxygens (including phenoxy) is 2. The summed E-state index contributed by atoms with van der Waals surface area (Å²) in [7, 11) is 3.20. The zero-order valence-corrected chi connectivity index (χ0v) is 18.9. The Morgan fingerprint density at radius 1 is 0.515 bits per heavy atom. The minimum Gasteiger partial charge on any atom is -0.508 e. The van der Waals surface area contributed by atoms with E-state index in [1.54, 1.807) is 26.4 Å². The molecule has 0 bridgehead atoms. The van der Waals surface area contributed by atoms with Crippen LogP contribution in [0.1, 0.15) is 33.4 Å². The summed E-state index contributed by atoms with van der Waals surface area (Å²) in [6.07, 6.45) is 1.78. The van der Waals surface area contributed by atoms with E-state index in [1.165, 1.54) is 0 Å². The van der Waals surface area contributed by atoms with Crippen LogP contribution in [0.3, 0.4) is 0 Å². The van der Waals surface area contributed by atoms with Crippen LogP contribution in [0, 0.1) is 0 Å². The SMILES string of the molecule is COc1cc(O)c(Cc2ccccc2)cc1Cc1cc(Cc2ccccc2)c(O)cc1OC. The number of benzene rings is 4. The van der Waals surface area contributed by atoms with Crippen molar-refractivity contribution in [1.29, 1.82) is 0 Å². The Morgan fingerprint density at radius 2 is 0.909 bits per heavy atom. The first-order valence-corrected chi connectivity index (χ1v) is 10.9. The van der Waals surface area contributed by atoms with Gasteiger partial charge in [0.1, 0.15) is 23.0 Å². The van der Waals surface area contributed by atoms with Crippen molar-refractivity contribution in [2.24, 2.45) is 0 Å². The quantitative estimate of drug-likeness (QED) is 0.359. The van der Waals surface area contributed by atoms with E-state index in [0.717, 1.165) is 33.4 Å². The normalized spacial score (nSPS) is 10.7. The highest BCUT2D eigenvalue weighted by Crippen LogP contribution is 2.36. The zero-order chi connectivity index (χ0) is 23.2. The summed E-state index contributed by atoms with van der Waals surface area (Å²) in [5.41, 5.74) is 5.79. The van der Waals surface area contributed by atoms with Crippen LogP contribution >= 0.6 is 0 Å². The van der Waals surface area contributed by atoms with Gasteiger partial charge in [-0.05, 0) is 45.5 Å². The van der Waals surface area contributed by atoms with Crippen LogP contribution in [0.15, 0.2) is 84.9 Å². The van der Waals surface area contributed by atoms with E-state index >= 15 is 0 Å². The molecule has 0 aromatic heterocycles. The molecule has 0 heterocycles. The number of aromatic hydroxyl groups is 2. The van der Waals surface area contributed by atoms with Crippen molar-refractivity contribution in [3.63, 3.8) is 0 Å². The molecule has 4 aromatic carbocycles. The van der Waals surface area contributed by atoms with Gasteiger partial charge in [0.2, 0.25) is 0 Å². The monoisotopic (exact) mass is 440 g/mol. The standard InChI is InChI=1S/C29H28O4/c1-32-28-18-26(30)22(13-20-9-5-3-6-10-20)15-24(28)17-25-16-23(27(31)19-29(25)33-2)14-21-11-7-4-8-12-21/h3-12,15-16,18-19,30-31H,13-14,17H2,1-2H3. The van der Waals surface area contributed by atoms with Gasteiger partial charge in [0.05, 0.1) is 14.2 Å². The summed E-state index contributed by atoms with van der Waals surface area (Å²) in [6, 6.07) is 27.4. The molecule has 2 N–H and O–H groups in total. The smallest absolute Gasteiger partial charge is 0.126 e. The second-order valence-corrected chi connectivity index (χ2v) is 8.09. The molecule has 0 unspecified atom stereocenters. The average Bonchev–Trinajstić information content (AvgIpc) is 2.84. The lowest BCUT2D eigenvalue weighted by molar-refractivity contribution is 0.397. The van der Waals surface area contributed by atoms with Gasteiger partial charge < -0.3 is 19.7 Å². The summed E-state index contributed by atoms with van der Waals surface area (Å²) in [4.78, 5) is 0. The van der Waals surface area contributed by atoms with Crippen molar-refractivity contribution >= 4 is 0 Å². The van der Waals surface area contributed by atoms with E-state index in [4.69, 9.17) is 9.47 Å². The third-order valence-electron chi connectivity index (χ3n) is 5.82. The Kier molecular flexibility index (Phi) is 6.84. The lowest BCUT2D eigenvalue weighted by atomic mass is 9.94. The number of phenols is 2. The van der Waals surface area contributed by atoms with Gasteiger partial charge in [0, 0.05) is 31.4 Å². The van der Waals surface area contributed by atoms with Gasteiger partial charge in [0.15, 0.2) is 0 Å². The van der Waals surface area contributed by atoms with Gasteiger partial charge in [-0.25, -0.2) is 0 Å². The molecule has 4 rings (SSSR count). The number of hydrogen-bond acceptors (Lipinski definition) is 4. The van der Waals surface area contributed by atoms with E-state index in [0.29, 0.717) is 30.8 Å². The van der Waals surface area contributed by atoms with Crippen LogP contribution in [-0.4, -0.2) is 24.4 Å². The van der Waals surface area contributed by atoms with E-state index in [2.05, 4.69) is 0 Å². The molecule has 4 aromatic rings. The van der Waals surface area contributed by atoms with E-state index in [1.807, 2.05) is 72.8 Å². The first kappa shape index (κ1) is 22.3. The molecular weight excluding hydrogens is 412 g/mol. The minimum absolute atomic E-state index is 0.210. The molecule has 0 saturated heterocycles. The maximum absolute atomic E-state index is 10.6. The predicted molar refractivity (Wildman–Crippen MR) is 131 cm³/mol. The molecule has 0 spiro atoms. The van der Waals surface area contributed by atoms with Crippen LogP contribution in [0.4, 0.5) is 0 Å². The predicted octanol–water partition coefficient (Wildman–Crippen LogP) is 5.89. The highest BCUT2D eigenvalue weighted by Gasteiger charge is 2.16. The van der Waals surface area contributed by atoms with Crippen LogP contribution in [0.25, 0.3) is 0 Å². The molecule has 0 radical (unpaired) electrons. The molecule has 0 aliphatic carbocycles. The molecule has 33 heavy (non-hydrogen) atoms. The van der Waals surface area contributed by atoms with E-state index < -0.39 is 0 Å². The number of methoxy groups -OCH3 is 2. The van der Waals surface area contributed by atoms with Crippen molar-refractivity contribution in [2.75, 3.05) is 14.2 Å². The number of hydrogen-bond donors (Lipinski definition) is 2. The third kappa shape index (κ3) is 5.29. The Hall–Kier alpha value is -3.92. The molecule has 0 aliphatic rings. The molecular formula is C29H28O4. The fourth-order valence-electron chi connectivity index (χ4n) is 4.11. The van der Waals surface area contributed by atoms with Crippen molar-refractivity contribution in [3.8, 4) is 23.0 Å². The zero-order valence-electron chi connectivity index (χ0n) is 18.9. The summed E-state index contributed by atoms with van der Waals surface area (Å²) in [5, 5.41) is 21.2. The minimum atomic E-state index is 0.210. The first-order valence-electron chi connectivity index (χ1n) is 10.9. The maximum Gasteiger partial charge on any atom is 0.126 e. The van der Waals surface area contributed by atoms with Crippen LogP contribution in [0.5, 0.6) is 23.0 Å². The summed E-state index contributed by atoms with van der Waals surface area (Å²) in [6.45, 7) is 0. The van der Waals surface area contributed by atoms with Gasteiger partial charge in [-0.15, -0.1) is 0 Å². The van der Waals surface area contributed by atoms with Gasteiger partial charge in [-0.1, -0.05) is 60.7 Å². The Balaban J connectivity index is 1.69. The number of phenolic OH excluding ortho intramolecular Hbond substituents is 2. The van der Waals surface area contributed by atoms with Crippen molar-refractivity contribution in [1.82, 2.24) is 0 Å². The lowest BCUT2D eigenvalue weighted by Crippen LogP contribution is -2.01. The first-order chi connectivity index (χ1) is 16.1. The number of rotatable bonds is 8. The molecule has 168 valence electrons. The highest BCUT2D eigenvalue weighted by molar-refractivity contribution is 5.53. The van der Waals surface area contributed by atoms with Crippen LogP contribution in [-0.2, 0) is 19.3 Å². The highest BCUT2D eigenvalue weighted by atomic mass is 16.5. The maximum atomic E-state index is 10.6. The lowest BCUT2D eigenvalue weighted by Gasteiger charge is -2.16. The van der Waals surface area contributed by atoms with Crippen LogP contribution < -0.4 is 9.47 Å². The average molecular weight is 441 g/mol. The fourth-order valence-corrected chi connectivity index (χ4v) is 4.11. The Bertz CT molecular complexity index is 1120. The van der Waals surface area contributed by atoms with Crippen molar-refractivity contribution in [2.45, 2.75) is 19.3 Å². The van der Waals surface area contributed by atoms with E-state index in [-0.39, 0.29) is 11.5 Å².